The second-order valence-corrected chi connectivity index (χ2v) is 7.16. The Labute approximate surface area is 136 Å². The standard InChI is InChI=1S/C17H26BrN3/c18-16-12-14(6-8-19)4-5-17(16)21-11-7-15(13-21)20-9-2-1-3-10-20/h4-5,12,15H,1-3,6-11,13,19H2. The monoisotopic (exact) mass is 351 g/mol. The number of hydrogen-bond donors (Lipinski definition) is 1. The summed E-state index contributed by atoms with van der Waals surface area (Å²) in [4.78, 5) is 5.25. The number of nitrogens with zero attached hydrogens (tertiary/aromatic N) is 2. The van der Waals surface area contributed by atoms with Gasteiger partial charge in [0.25, 0.3) is 0 Å². The summed E-state index contributed by atoms with van der Waals surface area (Å²) in [6.07, 6.45) is 6.44. The molecule has 2 N–H and O–H groups in total. The number of nitrogens with two attached hydrogens (primary N) is 1. The van der Waals surface area contributed by atoms with Crippen LogP contribution in [0.2, 0.25) is 0 Å². The first-order chi connectivity index (χ1) is 10.3. The number of likely N-dealkylation sites (tertiary alicyclic amines) is 1. The zero-order valence-electron chi connectivity index (χ0n) is 12.7. The SMILES string of the molecule is NCCc1ccc(N2CCC(N3CCCCC3)C2)c(Br)c1. The molecule has 0 saturated carbocycles. The summed E-state index contributed by atoms with van der Waals surface area (Å²) in [6.45, 7) is 5.67. The predicted octanol–water partition coefficient (Wildman–Crippen LogP) is 3.01. The maximum atomic E-state index is 5.64. The Morgan fingerprint density at radius 2 is 1.95 bits per heavy atom. The van der Waals surface area contributed by atoms with Gasteiger partial charge in [0.2, 0.25) is 0 Å². The van der Waals surface area contributed by atoms with Gasteiger partial charge in [-0.15, -0.1) is 0 Å². The van der Waals surface area contributed by atoms with Crippen LogP contribution in [0.4, 0.5) is 5.69 Å². The normalized spacial score (nSPS) is 23.7. The lowest BCUT2D eigenvalue weighted by atomic mass is 10.1. The van der Waals surface area contributed by atoms with E-state index in [9.17, 15) is 0 Å². The van der Waals surface area contributed by atoms with E-state index >= 15 is 0 Å². The smallest absolute Gasteiger partial charge is 0.0511 e. The molecular formula is C17H26BrN3. The summed E-state index contributed by atoms with van der Waals surface area (Å²) in [5.41, 5.74) is 8.30. The lowest BCUT2D eigenvalue weighted by molar-refractivity contribution is 0.175. The molecule has 21 heavy (non-hydrogen) atoms. The Kier molecular flexibility index (Phi) is 5.19. The van der Waals surface area contributed by atoms with Crippen molar-refractivity contribution in [3.63, 3.8) is 0 Å². The molecule has 1 atom stereocenters. The molecule has 0 amide bonds. The number of benzene rings is 1. The first-order valence-electron chi connectivity index (χ1n) is 8.25. The second-order valence-electron chi connectivity index (χ2n) is 6.31. The van der Waals surface area contributed by atoms with Crippen molar-refractivity contribution in [2.75, 3.05) is 37.6 Å². The van der Waals surface area contributed by atoms with E-state index < -0.39 is 0 Å². The third kappa shape index (κ3) is 3.61. The van der Waals surface area contributed by atoms with Gasteiger partial charge in [0.05, 0.1) is 5.69 Å². The highest BCUT2D eigenvalue weighted by Gasteiger charge is 2.29. The van der Waals surface area contributed by atoms with E-state index in [4.69, 9.17) is 5.73 Å². The van der Waals surface area contributed by atoms with Crippen molar-refractivity contribution in [3.8, 4) is 0 Å². The Morgan fingerprint density at radius 1 is 1.14 bits per heavy atom. The van der Waals surface area contributed by atoms with Crippen LogP contribution < -0.4 is 10.6 Å². The fraction of sp³-hybridized carbons (Fsp3) is 0.647. The Balaban J connectivity index is 1.65. The highest BCUT2D eigenvalue weighted by molar-refractivity contribution is 9.10. The predicted molar refractivity (Wildman–Crippen MR) is 92.9 cm³/mol. The lowest BCUT2D eigenvalue weighted by Crippen LogP contribution is -2.40. The van der Waals surface area contributed by atoms with Crippen LogP contribution in [0, 0.1) is 0 Å². The van der Waals surface area contributed by atoms with Gasteiger partial charge in [0, 0.05) is 23.6 Å². The van der Waals surface area contributed by atoms with Crippen molar-refractivity contribution in [1.29, 1.82) is 0 Å². The van der Waals surface area contributed by atoms with Crippen LogP contribution in [0.25, 0.3) is 0 Å². The summed E-state index contributed by atoms with van der Waals surface area (Å²) in [5, 5.41) is 0. The molecule has 0 aliphatic carbocycles. The number of halogens is 1. The maximum absolute atomic E-state index is 5.64. The average molecular weight is 352 g/mol. The third-order valence-electron chi connectivity index (χ3n) is 4.86. The van der Waals surface area contributed by atoms with E-state index in [1.807, 2.05) is 0 Å². The first kappa shape index (κ1) is 15.3. The Hall–Kier alpha value is -0.580. The zero-order chi connectivity index (χ0) is 14.7. The van der Waals surface area contributed by atoms with E-state index in [0.29, 0.717) is 6.54 Å². The molecule has 1 aromatic carbocycles. The molecule has 2 saturated heterocycles. The van der Waals surface area contributed by atoms with Crippen LogP contribution in [0.15, 0.2) is 22.7 Å². The molecule has 4 heteroatoms. The molecule has 3 rings (SSSR count). The molecule has 2 aliphatic heterocycles. The van der Waals surface area contributed by atoms with Crippen LogP contribution >= 0.6 is 15.9 Å². The van der Waals surface area contributed by atoms with Crippen LogP contribution in [-0.4, -0.2) is 43.7 Å². The van der Waals surface area contributed by atoms with Crippen LogP contribution in [0.5, 0.6) is 0 Å². The maximum Gasteiger partial charge on any atom is 0.0511 e. The van der Waals surface area contributed by atoms with Gasteiger partial charge >= 0.3 is 0 Å². The van der Waals surface area contributed by atoms with E-state index in [0.717, 1.165) is 12.5 Å². The van der Waals surface area contributed by atoms with Crippen molar-refractivity contribution in [3.05, 3.63) is 28.2 Å². The van der Waals surface area contributed by atoms with Crippen molar-refractivity contribution >= 4 is 21.6 Å². The number of anilines is 1. The fourth-order valence-electron chi connectivity index (χ4n) is 3.67. The van der Waals surface area contributed by atoms with Crippen LogP contribution in [0.3, 0.4) is 0 Å². The summed E-state index contributed by atoms with van der Waals surface area (Å²) in [5.74, 6) is 0. The van der Waals surface area contributed by atoms with Gasteiger partial charge in [-0.2, -0.15) is 0 Å². The second kappa shape index (κ2) is 7.12. The van der Waals surface area contributed by atoms with Gasteiger partial charge in [0.15, 0.2) is 0 Å². The van der Waals surface area contributed by atoms with Gasteiger partial charge in [-0.05, 0) is 78.9 Å². The quantitative estimate of drug-likeness (QED) is 0.904. The highest BCUT2D eigenvalue weighted by atomic mass is 79.9. The zero-order valence-corrected chi connectivity index (χ0v) is 14.3. The lowest BCUT2D eigenvalue weighted by Gasteiger charge is -2.32. The minimum atomic E-state index is 0.715. The largest absolute Gasteiger partial charge is 0.369 e. The molecule has 116 valence electrons. The topological polar surface area (TPSA) is 32.5 Å². The van der Waals surface area contributed by atoms with Crippen molar-refractivity contribution in [1.82, 2.24) is 4.90 Å². The molecule has 0 bridgehead atoms. The molecule has 0 radical (unpaired) electrons. The molecule has 0 aromatic heterocycles. The molecule has 1 aromatic rings. The molecule has 0 spiro atoms. The molecule has 1 unspecified atom stereocenters. The van der Waals surface area contributed by atoms with Gasteiger partial charge in [0.1, 0.15) is 0 Å². The Morgan fingerprint density at radius 3 is 2.67 bits per heavy atom. The third-order valence-corrected chi connectivity index (χ3v) is 5.49. The summed E-state index contributed by atoms with van der Waals surface area (Å²) in [7, 11) is 0. The van der Waals surface area contributed by atoms with E-state index in [2.05, 4.69) is 43.9 Å². The van der Waals surface area contributed by atoms with Gasteiger partial charge in [-0.1, -0.05) is 12.5 Å². The molecule has 3 nitrogen and oxygen atoms in total. The van der Waals surface area contributed by atoms with E-state index in [-0.39, 0.29) is 0 Å². The number of hydrogen-bond acceptors (Lipinski definition) is 3. The van der Waals surface area contributed by atoms with Crippen LogP contribution in [-0.2, 0) is 6.42 Å². The molecule has 2 fully saturated rings. The highest BCUT2D eigenvalue weighted by Crippen LogP contribution is 2.31. The van der Waals surface area contributed by atoms with E-state index in [1.54, 1.807) is 0 Å². The van der Waals surface area contributed by atoms with Crippen molar-refractivity contribution in [2.24, 2.45) is 5.73 Å². The number of piperidine rings is 1. The van der Waals surface area contributed by atoms with Crippen molar-refractivity contribution in [2.45, 2.75) is 38.1 Å². The minimum absolute atomic E-state index is 0.715. The van der Waals surface area contributed by atoms with Gasteiger partial charge in [-0.25, -0.2) is 0 Å². The molecule has 2 heterocycles. The van der Waals surface area contributed by atoms with Gasteiger partial charge in [-0.3, -0.25) is 4.90 Å². The summed E-state index contributed by atoms with van der Waals surface area (Å²) < 4.78 is 1.22. The van der Waals surface area contributed by atoms with Crippen LogP contribution in [0.1, 0.15) is 31.2 Å². The molecule has 2 aliphatic rings. The average Bonchev–Trinajstić information content (AvgIpc) is 2.98. The number of rotatable bonds is 4. The minimum Gasteiger partial charge on any atom is -0.369 e. The first-order valence-corrected chi connectivity index (χ1v) is 9.05. The van der Waals surface area contributed by atoms with E-state index in [1.165, 1.54) is 67.6 Å². The summed E-state index contributed by atoms with van der Waals surface area (Å²) in [6, 6.07) is 7.46. The fourth-order valence-corrected chi connectivity index (χ4v) is 4.35. The molecular weight excluding hydrogens is 326 g/mol. The van der Waals surface area contributed by atoms with Gasteiger partial charge < -0.3 is 10.6 Å². The van der Waals surface area contributed by atoms with Crippen molar-refractivity contribution < 1.29 is 0 Å². The summed E-state index contributed by atoms with van der Waals surface area (Å²) >= 11 is 3.75. The Bertz CT molecular complexity index is 471.